The third kappa shape index (κ3) is 6.77. The van der Waals surface area contributed by atoms with Crippen LogP contribution >= 0.6 is 0 Å². The highest BCUT2D eigenvalue weighted by Crippen LogP contribution is 2.33. The molecule has 0 saturated carbocycles. The molecule has 1 aromatic carbocycles. The van der Waals surface area contributed by atoms with Crippen LogP contribution in [0.5, 0.6) is 0 Å². The number of anilines is 1. The van der Waals surface area contributed by atoms with Gasteiger partial charge in [-0.1, -0.05) is 20.8 Å². The van der Waals surface area contributed by atoms with E-state index in [0.29, 0.717) is 29.5 Å². The lowest BCUT2D eigenvalue weighted by Crippen LogP contribution is -2.37. The van der Waals surface area contributed by atoms with Crippen molar-refractivity contribution >= 4 is 33.6 Å². The van der Waals surface area contributed by atoms with Crippen molar-refractivity contribution in [3.63, 3.8) is 0 Å². The number of alkyl halides is 3. The van der Waals surface area contributed by atoms with E-state index in [9.17, 15) is 44.8 Å². The first-order valence-electron chi connectivity index (χ1n) is 12.6. The molecule has 2 aromatic rings. The van der Waals surface area contributed by atoms with E-state index >= 15 is 0 Å². The van der Waals surface area contributed by atoms with Crippen molar-refractivity contribution in [1.82, 2.24) is 14.8 Å². The van der Waals surface area contributed by atoms with Crippen LogP contribution in [0.15, 0.2) is 40.4 Å². The number of aromatic nitrogens is 1. The van der Waals surface area contributed by atoms with Crippen molar-refractivity contribution in [2.75, 3.05) is 31.5 Å². The summed E-state index contributed by atoms with van der Waals surface area (Å²) in [4.78, 5) is 43.1. The molecule has 2 aliphatic rings. The van der Waals surface area contributed by atoms with Crippen LogP contribution in [-0.4, -0.2) is 67.3 Å². The van der Waals surface area contributed by atoms with Crippen molar-refractivity contribution in [1.29, 1.82) is 0 Å². The van der Waals surface area contributed by atoms with Gasteiger partial charge in [-0.3, -0.25) is 14.6 Å². The summed E-state index contributed by atoms with van der Waals surface area (Å²) in [5.74, 6) is -4.92. The molecule has 0 spiro atoms. The Kier molecular flexibility index (Phi) is 8.27. The Morgan fingerprint density at radius 1 is 1.00 bits per heavy atom. The Balaban J connectivity index is 1.39. The van der Waals surface area contributed by atoms with E-state index in [1.54, 1.807) is 20.8 Å². The van der Waals surface area contributed by atoms with Crippen LogP contribution in [0.1, 0.15) is 42.4 Å². The number of pyridine rings is 1. The van der Waals surface area contributed by atoms with Gasteiger partial charge in [0.05, 0.1) is 16.8 Å². The van der Waals surface area contributed by atoms with Gasteiger partial charge in [0.15, 0.2) is 11.6 Å². The quantitative estimate of drug-likeness (QED) is 0.379. The molecule has 11 nitrogen and oxygen atoms in total. The molecule has 2 aliphatic heterocycles. The third-order valence-corrected chi connectivity index (χ3v) is 7.64. The smallest absolute Gasteiger partial charge is 0.417 e. The number of rotatable bonds is 5. The van der Waals surface area contributed by atoms with Gasteiger partial charge in [-0.05, 0) is 29.3 Å². The van der Waals surface area contributed by atoms with Gasteiger partial charge in [-0.15, -0.1) is 0 Å². The average Bonchev–Trinajstić information content (AvgIpc) is 3.47. The third-order valence-electron chi connectivity index (χ3n) is 6.72. The summed E-state index contributed by atoms with van der Waals surface area (Å²) < 4.78 is 96.5. The summed E-state index contributed by atoms with van der Waals surface area (Å²) >= 11 is 0. The van der Waals surface area contributed by atoms with Gasteiger partial charge in [0.1, 0.15) is 17.2 Å². The minimum atomic E-state index is -4.73. The maximum Gasteiger partial charge on any atom is 0.417 e. The van der Waals surface area contributed by atoms with E-state index in [-0.39, 0.29) is 37.6 Å². The number of halogens is 5. The number of hydrogen-bond acceptors (Lipinski definition) is 7. The predicted octanol–water partition coefficient (Wildman–Crippen LogP) is 3.42. The number of nitrogens with one attached hydrogen (secondary N) is 1. The first-order chi connectivity index (χ1) is 19.8. The number of carbonyl (C=O) groups is 3. The lowest BCUT2D eigenvalue weighted by molar-refractivity contribution is -0.137. The zero-order chi connectivity index (χ0) is 32.1. The molecule has 3 heterocycles. The number of benzene rings is 1. The molecule has 43 heavy (non-hydrogen) atoms. The molecule has 0 radical (unpaired) electrons. The van der Waals surface area contributed by atoms with Gasteiger partial charge in [-0.25, -0.2) is 27.1 Å². The molecule has 0 fully saturated rings. The zero-order valence-corrected chi connectivity index (χ0v) is 23.8. The van der Waals surface area contributed by atoms with E-state index in [1.165, 1.54) is 9.80 Å². The number of sulfonamides is 1. The van der Waals surface area contributed by atoms with Gasteiger partial charge in [0.25, 0.3) is 5.91 Å². The lowest BCUT2D eigenvalue weighted by atomic mass is 9.95. The summed E-state index contributed by atoms with van der Waals surface area (Å²) in [5.41, 5.74) is -1.84. The maximum absolute atomic E-state index is 14.5. The van der Waals surface area contributed by atoms with Crippen LogP contribution in [0.2, 0.25) is 0 Å². The summed E-state index contributed by atoms with van der Waals surface area (Å²) in [6.45, 7) is 4.13. The highest BCUT2D eigenvalue weighted by molar-refractivity contribution is 7.89. The van der Waals surface area contributed by atoms with Crippen molar-refractivity contribution in [3.8, 4) is 0 Å². The SMILES string of the molecule is CC(C)(C)C(=O)Nc1cc(C(F)(F)F)cnc1COC(=O)N1CC2=C(C1)CN(C(=O)c1ccc(S(N)(=O)=O)c(F)c1F)C2. The number of hydrogen-bond donors (Lipinski definition) is 2. The van der Waals surface area contributed by atoms with Crippen LogP contribution in [0.3, 0.4) is 0 Å². The summed E-state index contributed by atoms with van der Waals surface area (Å²) in [6, 6.07) is 2.22. The summed E-state index contributed by atoms with van der Waals surface area (Å²) in [6.07, 6.45) is -5.01. The number of ether oxygens (including phenoxy) is 1. The van der Waals surface area contributed by atoms with E-state index in [0.717, 1.165) is 6.07 Å². The molecular formula is C26H26F5N5O6S. The molecule has 0 aliphatic carbocycles. The van der Waals surface area contributed by atoms with E-state index in [2.05, 4.69) is 10.3 Å². The van der Waals surface area contributed by atoms with Gasteiger partial charge in [0.2, 0.25) is 15.9 Å². The van der Waals surface area contributed by atoms with Gasteiger partial charge in [-0.2, -0.15) is 13.2 Å². The van der Waals surface area contributed by atoms with Gasteiger partial charge < -0.3 is 19.9 Å². The predicted molar refractivity (Wildman–Crippen MR) is 140 cm³/mol. The van der Waals surface area contributed by atoms with Crippen LogP contribution < -0.4 is 10.5 Å². The van der Waals surface area contributed by atoms with Crippen molar-refractivity contribution in [2.24, 2.45) is 10.6 Å². The second kappa shape index (κ2) is 11.2. The summed E-state index contributed by atoms with van der Waals surface area (Å²) in [5, 5.41) is 7.25. The largest absolute Gasteiger partial charge is 0.443 e. The second-order valence-electron chi connectivity index (χ2n) is 11.0. The molecule has 0 atom stereocenters. The standard InChI is InChI=1S/C26H26F5N5O6S/c1-25(2,3)23(38)34-17-6-15(26(29,30)31)7-33-18(17)12-42-24(39)36-10-13-8-35(9-14(13)11-36)22(37)16-4-5-19(43(32,40)41)21(28)20(16)27/h4-7H,8-12H2,1-3H3,(H,34,38)(H2,32,40,41). The molecule has 0 unspecified atom stereocenters. The lowest BCUT2D eigenvalue weighted by Gasteiger charge is -2.23. The van der Waals surface area contributed by atoms with Crippen molar-refractivity contribution in [3.05, 3.63) is 64.0 Å². The molecule has 4 rings (SSSR count). The highest BCUT2D eigenvalue weighted by Gasteiger charge is 2.37. The van der Waals surface area contributed by atoms with Gasteiger partial charge >= 0.3 is 12.3 Å². The molecule has 0 saturated heterocycles. The first kappa shape index (κ1) is 31.8. The van der Waals surface area contributed by atoms with Crippen LogP contribution in [0, 0.1) is 17.0 Å². The van der Waals surface area contributed by atoms with Crippen LogP contribution in [0.25, 0.3) is 0 Å². The molecule has 1 aromatic heterocycles. The number of primary sulfonamides is 1. The molecular weight excluding hydrogens is 605 g/mol. The highest BCUT2D eigenvalue weighted by atomic mass is 32.2. The fourth-order valence-electron chi connectivity index (χ4n) is 4.34. The Morgan fingerprint density at radius 3 is 2.12 bits per heavy atom. The molecule has 3 N–H and O–H groups in total. The van der Waals surface area contributed by atoms with E-state index in [4.69, 9.17) is 9.88 Å². The number of amides is 3. The van der Waals surface area contributed by atoms with Crippen molar-refractivity contribution in [2.45, 2.75) is 38.4 Å². The number of carbonyl (C=O) groups excluding carboxylic acids is 3. The van der Waals surface area contributed by atoms with Crippen LogP contribution in [-0.2, 0) is 32.3 Å². The monoisotopic (exact) mass is 631 g/mol. The Bertz CT molecular complexity index is 1630. The first-order valence-corrected chi connectivity index (χ1v) is 14.1. The Hall–Kier alpha value is -4.12. The Labute approximate surface area is 242 Å². The zero-order valence-electron chi connectivity index (χ0n) is 23.0. The number of nitrogens with two attached hydrogens (primary N) is 1. The topological polar surface area (TPSA) is 152 Å². The minimum absolute atomic E-state index is 0.0210. The maximum atomic E-state index is 14.5. The molecule has 17 heteroatoms. The Morgan fingerprint density at radius 2 is 1.58 bits per heavy atom. The average molecular weight is 632 g/mol. The summed E-state index contributed by atoms with van der Waals surface area (Å²) in [7, 11) is -4.55. The number of nitrogens with zero attached hydrogens (tertiary/aromatic N) is 3. The van der Waals surface area contributed by atoms with Crippen LogP contribution in [0.4, 0.5) is 32.4 Å². The molecule has 232 valence electrons. The fraction of sp³-hybridized carbons (Fsp3) is 0.385. The minimum Gasteiger partial charge on any atom is -0.443 e. The molecule has 3 amide bonds. The van der Waals surface area contributed by atoms with Gasteiger partial charge in [0, 0.05) is 37.8 Å². The second-order valence-corrected chi connectivity index (χ2v) is 12.5. The van der Waals surface area contributed by atoms with E-state index in [1.807, 2.05) is 0 Å². The van der Waals surface area contributed by atoms with E-state index < -0.39 is 73.8 Å². The molecule has 0 bridgehead atoms. The normalized spacial score (nSPS) is 15.6. The van der Waals surface area contributed by atoms with Crippen molar-refractivity contribution < 1.29 is 49.5 Å². The fourth-order valence-corrected chi connectivity index (χ4v) is 4.94.